The van der Waals surface area contributed by atoms with Gasteiger partial charge in [-0.15, -0.1) is 0 Å². The average Bonchev–Trinajstić information content (AvgIpc) is 2.36. The maximum absolute atomic E-state index is 11.7. The van der Waals surface area contributed by atoms with Gasteiger partial charge in [0, 0.05) is 18.2 Å². The van der Waals surface area contributed by atoms with Crippen LogP contribution in [0.5, 0.6) is 5.75 Å². The molecule has 1 rings (SSSR count). The second-order valence-corrected chi connectivity index (χ2v) is 5.98. The molecule has 0 saturated heterocycles. The molecule has 1 atom stereocenters. The number of non-ortho nitro benzene ring substituents is 1. The van der Waals surface area contributed by atoms with E-state index in [1.807, 2.05) is 0 Å². The summed E-state index contributed by atoms with van der Waals surface area (Å²) in [6.07, 6.45) is -0.748. The number of ether oxygens (including phenoxy) is 2. The van der Waals surface area contributed by atoms with E-state index in [-0.39, 0.29) is 17.9 Å². The lowest BCUT2D eigenvalue weighted by atomic mass is 10.2. The molecule has 8 heteroatoms. The van der Waals surface area contributed by atoms with E-state index in [0.29, 0.717) is 0 Å². The van der Waals surface area contributed by atoms with Gasteiger partial charge in [0.05, 0.1) is 11.3 Å². The molecule has 1 amide bonds. The zero-order chi connectivity index (χ0) is 17.6. The Hall–Kier alpha value is -2.64. The third-order valence-electron chi connectivity index (χ3n) is 2.52. The first-order valence-electron chi connectivity index (χ1n) is 7.01. The van der Waals surface area contributed by atoms with Crippen LogP contribution < -0.4 is 10.1 Å². The Labute approximate surface area is 133 Å². The molecule has 0 aliphatic carbocycles. The first-order valence-corrected chi connectivity index (χ1v) is 7.01. The number of rotatable bonds is 5. The topological polar surface area (TPSA) is 108 Å². The van der Waals surface area contributed by atoms with Crippen LogP contribution in [0.15, 0.2) is 24.3 Å². The number of nitrogens with one attached hydrogen (secondary N) is 1. The molecule has 1 N–H and O–H groups in total. The van der Waals surface area contributed by atoms with Gasteiger partial charge < -0.3 is 14.8 Å². The highest BCUT2D eigenvalue weighted by atomic mass is 16.6. The molecule has 0 fully saturated rings. The third-order valence-corrected chi connectivity index (χ3v) is 2.52. The molecule has 0 aromatic heterocycles. The van der Waals surface area contributed by atoms with Crippen molar-refractivity contribution < 1.29 is 24.0 Å². The molecule has 1 aromatic carbocycles. The van der Waals surface area contributed by atoms with Gasteiger partial charge in [0.15, 0.2) is 0 Å². The van der Waals surface area contributed by atoms with Gasteiger partial charge in [-0.05, 0) is 39.8 Å². The molecule has 0 saturated carbocycles. The predicted molar refractivity (Wildman–Crippen MR) is 82.2 cm³/mol. The lowest BCUT2D eigenvalue weighted by Crippen LogP contribution is -2.37. The van der Waals surface area contributed by atoms with Crippen molar-refractivity contribution in [3.63, 3.8) is 0 Å². The number of hydrogen-bond acceptors (Lipinski definition) is 6. The van der Waals surface area contributed by atoms with Crippen LogP contribution in [0.3, 0.4) is 0 Å². The van der Waals surface area contributed by atoms with Gasteiger partial charge in [-0.2, -0.15) is 0 Å². The van der Waals surface area contributed by atoms with Crippen molar-refractivity contribution in [1.29, 1.82) is 0 Å². The zero-order valence-electron chi connectivity index (χ0n) is 13.5. The van der Waals surface area contributed by atoms with Gasteiger partial charge in [0.1, 0.15) is 11.4 Å². The summed E-state index contributed by atoms with van der Waals surface area (Å²) in [6, 6.07) is 4.61. The monoisotopic (exact) mass is 324 g/mol. The zero-order valence-corrected chi connectivity index (χ0v) is 13.5. The lowest BCUT2D eigenvalue weighted by Gasteiger charge is -2.21. The summed E-state index contributed by atoms with van der Waals surface area (Å²) in [5.41, 5.74) is -0.688. The van der Waals surface area contributed by atoms with Gasteiger partial charge in [-0.25, -0.2) is 4.79 Å². The van der Waals surface area contributed by atoms with Gasteiger partial charge in [-0.3, -0.25) is 14.9 Å². The Kier molecular flexibility index (Phi) is 6.06. The van der Waals surface area contributed by atoms with Gasteiger partial charge in [0.2, 0.25) is 0 Å². The van der Waals surface area contributed by atoms with Gasteiger partial charge in [0.25, 0.3) is 5.69 Å². The van der Waals surface area contributed by atoms with Crippen molar-refractivity contribution in [2.24, 2.45) is 0 Å². The minimum Gasteiger partial charge on any atom is -0.460 e. The van der Waals surface area contributed by atoms with Crippen LogP contribution in [0.25, 0.3) is 0 Å². The van der Waals surface area contributed by atoms with Crippen molar-refractivity contribution in [2.75, 3.05) is 0 Å². The summed E-state index contributed by atoms with van der Waals surface area (Å²) >= 11 is 0. The number of esters is 1. The summed E-state index contributed by atoms with van der Waals surface area (Å²) in [7, 11) is 0. The van der Waals surface area contributed by atoms with Crippen molar-refractivity contribution in [3.05, 3.63) is 34.4 Å². The second-order valence-electron chi connectivity index (χ2n) is 5.98. The minimum absolute atomic E-state index is 0.00658. The minimum atomic E-state index is -0.755. The van der Waals surface area contributed by atoms with Crippen LogP contribution in [-0.2, 0) is 9.53 Å². The normalized spacial score (nSPS) is 12.2. The first kappa shape index (κ1) is 18.4. The Morgan fingerprint density at radius 1 is 1.26 bits per heavy atom. The molecule has 0 spiro atoms. The average molecular weight is 324 g/mol. The molecule has 1 aromatic rings. The summed E-state index contributed by atoms with van der Waals surface area (Å²) < 4.78 is 10.1. The number of hydrogen-bond donors (Lipinski definition) is 1. The third kappa shape index (κ3) is 7.25. The van der Waals surface area contributed by atoms with E-state index in [2.05, 4.69) is 5.32 Å². The van der Waals surface area contributed by atoms with E-state index in [9.17, 15) is 19.7 Å². The van der Waals surface area contributed by atoms with Crippen molar-refractivity contribution >= 4 is 17.7 Å². The number of nitrogens with zero attached hydrogens (tertiary/aromatic N) is 1. The fraction of sp³-hybridized carbons (Fsp3) is 0.467. The first-order chi connectivity index (χ1) is 10.6. The lowest BCUT2D eigenvalue weighted by molar-refractivity contribution is -0.384. The van der Waals surface area contributed by atoms with Crippen LogP contribution >= 0.6 is 0 Å². The number of amides is 1. The Morgan fingerprint density at radius 2 is 1.83 bits per heavy atom. The molecule has 0 aliphatic rings. The maximum Gasteiger partial charge on any atom is 0.412 e. The van der Waals surface area contributed by atoms with Crippen LogP contribution in [-0.4, -0.2) is 28.6 Å². The fourth-order valence-corrected chi connectivity index (χ4v) is 1.66. The molecular formula is C15H20N2O6. The van der Waals surface area contributed by atoms with Crippen LogP contribution in [0.1, 0.15) is 34.1 Å². The van der Waals surface area contributed by atoms with Crippen LogP contribution in [0.4, 0.5) is 10.5 Å². The standard InChI is InChI=1S/C15H20N2O6/c1-10(9-13(18)23-15(2,3)4)16-14(19)22-12-7-5-11(6-8-12)17(20)21/h5-8,10H,9H2,1-4H3,(H,16,19). The molecule has 23 heavy (non-hydrogen) atoms. The highest BCUT2D eigenvalue weighted by Crippen LogP contribution is 2.17. The largest absolute Gasteiger partial charge is 0.460 e. The Bertz CT molecular complexity index is 577. The van der Waals surface area contributed by atoms with Crippen molar-refractivity contribution in [2.45, 2.75) is 45.8 Å². The highest BCUT2D eigenvalue weighted by Gasteiger charge is 2.19. The van der Waals surface area contributed by atoms with Crippen molar-refractivity contribution in [1.82, 2.24) is 5.32 Å². The summed E-state index contributed by atoms with van der Waals surface area (Å²) in [4.78, 5) is 33.3. The van der Waals surface area contributed by atoms with E-state index in [4.69, 9.17) is 9.47 Å². The van der Waals surface area contributed by atoms with E-state index in [1.165, 1.54) is 24.3 Å². The van der Waals surface area contributed by atoms with E-state index >= 15 is 0 Å². The SMILES string of the molecule is CC(CC(=O)OC(C)(C)C)NC(=O)Oc1ccc([N+](=O)[O-])cc1. The number of benzene rings is 1. The molecule has 0 bridgehead atoms. The molecular weight excluding hydrogens is 304 g/mol. The predicted octanol–water partition coefficient (Wildman–Crippen LogP) is 2.80. The number of nitro groups is 1. The smallest absolute Gasteiger partial charge is 0.412 e. The summed E-state index contributed by atoms with van der Waals surface area (Å²) in [5.74, 6) is -0.266. The van der Waals surface area contributed by atoms with Gasteiger partial charge in [-0.1, -0.05) is 0 Å². The summed E-state index contributed by atoms with van der Waals surface area (Å²) in [5, 5.41) is 13.0. The van der Waals surface area contributed by atoms with Crippen LogP contribution in [0.2, 0.25) is 0 Å². The van der Waals surface area contributed by atoms with E-state index < -0.39 is 28.6 Å². The number of carbonyl (C=O) groups is 2. The Balaban J connectivity index is 2.46. The molecule has 0 radical (unpaired) electrons. The van der Waals surface area contributed by atoms with E-state index in [1.54, 1.807) is 27.7 Å². The quantitative estimate of drug-likeness (QED) is 0.507. The van der Waals surface area contributed by atoms with Crippen LogP contribution in [0, 0.1) is 10.1 Å². The molecule has 0 heterocycles. The summed E-state index contributed by atoms with van der Waals surface area (Å²) in [6.45, 7) is 6.91. The highest BCUT2D eigenvalue weighted by molar-refractivity contribution is 5.74. The fourth-order valence-electron chi connectivity index (χ4n) is 1.66. The molecule has 8 nitrogen and oxygen atoms in total. The molecule has 1 unspecified atom stereocenters. The number of carbonyl (C=O) groups excluding carboxylic acids is 2. The second kappa shape index (κ2) is 7.57. The molecule has 0 aliphatic heterocycles. The van der Waals surface area contributed by atoms with Gasteiger partial charge >= 0.3 is 12.1 Å². The Morgan fingerprint density at radius 3 is 2.30 bits per heavy atom. The van der Waals surface area contributed by atoms with Crippen molar-refractivity contribution in [3.8, 4) is 5.75 Å². The van der Waals surface area contributed by atoms with E-state index in [0.717, 1.165) is 0 Å². The molecule has 126 valence electrons. The maximum atomic E-state index is 11.7. The number of nitro benzene ring substituents is 1.